The van der Waals surface area contributed by atoms with Crippen LogP contribution in [0.1, 0.15) is 11.1 Å². The number of hydrogen-bond acceptors (Lipinski definition) is 4. The zero-order valence-corrected chi connectivity index (χ0v) is 16.7. The van der Waals surface area contributed by atoms with E-state index >= 15 is 0 Å². The molecule has 0 aliphatic carbocycles. The first-order valence-electron chi connectivity index (χ1n) is 9.14. The monoisotopic (exact) mass is 406 g/mol. The van der Waals surface area contributed by atoms with Gasteiger partial charge in [0.05, 0.1) is 24.6 Å². The fraction of sp³-hybridized carbons (Fsp3) is 0.130. The molecular weight excluding hydrogens is 387 g/mol. The normalized spacial score (nSPS) is 11.0. The van der Waals surface area contributed by atoms with Gasteiger partial charge in [0.1, 0.15) is 11.6 Å². The van der Waals surface area contributed by atoms with E-state index in [9.17, 15) is 9.18 Å². The highest BCUT2D eigenvalue weighted by molar-refractivity contribution is 7.98. The van der Waals surface area contributed by atoms with Crippen LogP contribution in [-0.2, 0) is 12.3 Å². The first-order valence-corrected chi connectivity index (χ1v) is 10.1. The van der Waals surface area contributed by atoms with Gasteiger partial charge in [-0.3, -0.25) is 9.36 Å². The second-order valence-corrected chi connectivity index (χ2v) is 7.51. The Kier molecular flexibility index (Phi) is 5.62. The quantitative estimate of drug-likeness (QED) is 0.338. The zero-order valence-electron chi connectivity index (χ0n) is 15.8. The SMILES string of the molecule is COc1ccc(Cn2c(SCc3ccc(F)cc3)nc3ccccc3c2=O)cc1. The molecule has 0 aliphatic rings. The highest BCUT2D eigenvalue weighted by Gasteiger charge is 2.12. The van der Waals surface area contributed by atoms with Crippen molar-refractivity contribution >= 4 is 22.7 Å². The molecule has 0 atom stereocenters. The molecule has 1 heterocycles. The summed E-state index contributed by atoms with van der Waals surface area (Å²) in [5.41, 5.74) is 2.54. The fourth-order valence-corrected chi connectivity index (χ4v) is 3.99. The molecule has 0 unspecified atom stereocenters. The Balaban J connectivity index is 1.71. The number of methoxy groups -OCH3 is 1. The van der Waals surface area contributed by atoms with Gasteiger partial charge in [-0.2, -0.15) is 0 Å². The Labute approximate surface area is 172 Å². The van der Waals surface area contributed by atoms with Gasteiger partial charge in [-0.1, -0.05) is 48.2 Å². The summed E-state index contributed by atoms with van der Waals surface area (Å²) in [6.45, 7) is 0.409. The first-order chi connectivity index (χ1) is 14.1. The van der Waals surface area contributed by atoms with Crippen molar-refractivity contribution in [2.75, 3.05) is 7.11 Å². The molecule has 0 saturated carbocycles. The van der Waals surface area contributed by atoms with Gasteiger partial charge in [0, 0.05) is 5.75 Å². The number of benzene rings is 3. The maximum absolute atomic E-state index is 13.2. The topological polar surface area (TPSA) is 44.1 Å². The first kappa shape index (κ1) is 19.2. The molecule has 4 aromatic rings. The van der Waals surface area contributed by atoms with Crippen LogP contribution < -0.4 is 10.3 Å². The number of hydrogen-bond donors (Lipinski definition) is 0. The summed E-state index contributed by atoms with van der Waals surface area (Å²) in [5, 5.41) is 1.22. The number of thioether (sulfide) groups is 1. The van der Waals surface area contributed by atoms with Crippen LogP contribution in [0.2, 0.25) is 0 Å². The second-order valence-electron chi connectivity index (χ2n) is 6.57. The van der Waals surface area contributed by atoms with Crippen molar-refractivity contribution in [1.29, 1.82) is 0 Å². The minimum atomic E-state index is -0.265. The van der Waals surface area contributed by atoms with Crippen LogP contribution in [0.4, 0.5) is 4.39 Å². The summed E-state index contributed by atoms with van der Waals surface area (Å²) in [4.78, 5) is 17.9. The van der Waals surface area contributed by atoms with Crippen LogP contribution in [-0.4, -0.2) is 16.7 Å². The van der Waals surface area contributed by atoms with Crippen LogP contribution in [0.3, 0.4) is 0 Å². The number of fused-ring (bicyclic) bond motifs is 1. The van der Waals surface area contributed by atoms with Crippen molar-refractivity contribution in [1.82, 2.24) is 9.55 Å². The molecule has 1 aromatic heterocycles. The molecule has 0 bridgehead atoms. The maximum Gasteiger partial charge on any atom is 0.262 e. The summed E-state index contributed by atoms with van der Waals surface area (Å²) in [7, 11) is 1.62. The third-order valence-electron chi connectivity index (χ3n) is 4.61. The van der Waals surface area contributed by atoms with Gasteiger partial charge in [-0.15, -0.1) is 0 Å². The Morgan fingerprint density at radius 3 is 2.38 bits per heavy atom. The number of ether oxygens (including phenoxy) is 1. The van der Waals surface area contributed by atoms with Crippen molar-refractivity contribution < 1.29 is 9.13 Å². The Hall–Kier alpha value is -3.12. The van der Waals surface area contributed by atoms with Gasteiger partial charge in [0.25, 0.3) is 5.56 Å². The van der Waals surface area contributed by atoms with Crippen LogP contribution in [0.25, 0.3) is 10.9 Å². The van der Waals surface area contributed by atoms with Gasteiger partial charge in [-0.25, -0.2) is 9.37 Å². The van der Waals surface area contributed by atoms with Gasteiger partial charge in [0.2, 0.25) is 0 Å². The van der Waals surface area contributed by atoms with Gasteiger partial charge in [0.15, 0.2) is 5.16 Å². The summed E-state index contributed by atoms with van der Waals surface area (Å²) in [5.74, 6) is 1.09. The highest BCUT2D eigenvalue weighted by atomic mass is 32.2. The van der Waals surface area contributed by atoms with E-state index in [-0.39, 0.29) is 11.4 Å². The second kappa shape index (κ2) is 8.49. The lowest BCUT2D eigenvalue weighted by molar-refractivity contribution is 0.414. The summed E-state index contributed by atoms with van der Waals surface area (Å²) in [6, 6.07) is 21.3. The van der Waals surface area contributed by atoms with Crippen molar-refractivity contribution in [2.24, 2.45) is 0 Å². The predicted molar refractivity (Wildman–Crippen MR) is 114 cm³/mol. The molecule has 4 rings (SSSR count). The smallest absolute Gasteiger partial charge is 0.262 e. The van der Waals surface area contributed by atoms with Gasteiger partial charge < -0.3 is 4.74 Å². The van der Waals surface area contributed by atoms with Crippen molar-refractivity contribution in [2.45, 2.75) is 17.5 Å². The van der Waals surface area contributed by atoms with Crippen LogP contribution in [0.15, 0.2) is 82.7 Å². The number of para-hydroxylation sites is 1. The van der Waals surface area contributed by atoms with E-state index in [0.717, 1.165) is 16.9 Å². The molecule has 29 heavy (non-hydrogen) atoms. The standard InChI is InChI=1S/C23H19FN2O2S/c1-28-19-12-8-16(9-13-19)14-26-22(27)20-4-2-3-5-21(20)25-23(26)29-15-17-6-10-18(24)11-7-17/h2-13H,14-15H2,1H3. The minimum Gasteiger partial charge on any atom is -0.497 e. The lowest BCUT2D eigenvalue weighted by Gasteiger charge is -2.13. The molecule has 0 aliphatic heterocycles. The average molecular weight is 406 g/mol. The minimum absolute atomic E-state index is 0.0759. The third-order valence-corrected chi connectivity index (χ3v) is 5.66. The van der Waals surface area contributed by atoms with Crippen molar-refractivity contribution in [3.05, 3.63) is 100 Å². The molecule has 6 heteroatoms. The van der Waals surface area contributed by atoms with E-state index in [1.54, 1.807) is 29.9 Å². The zero-order chi connectivity index (χ0) is 20.2. The highest BCUT2D eigenvalue weighted by Crippen LogP contribution is 2.23. The number of rotatable bonds is 6. The van der Waals surface area contributed by atoms with Crippen LogP contribution >= 0.6 is 11.8 Å². The molecule has 3 aromatic carbocycles. The van der Waals surface area contributed by atoms with Crippen LogP contribution in [0, 0.1) is 5.82 Å². The molecule has 0 N–H and O–H groups in total. The lowest BCUT2D eigenvalue weighted by Crippen LogP contribution is -2.24. The third kappa shape index (κ3) is 4.32. The Morgan fingerprint density at radius 1 is 0.966 bits per heavy atom. The number of halogens is 1. The molecule has 0 fully saturated rings. The van der Waals surface area contributed by atoms with E-state index in [2.05, 4.69) is 0 Å². The van der Waals surface area contributed by atoms with E-state index < -0.39 is 0 Å². The molecule has 146 valence electrons. The van der Waals surface area contributed by atoms with E-state index in [1.165, 1.54) is 23.9 Å². The van der Waals surface area contributed by atoms with E-state index in [0.29, 0.717) is 28.4 Å². The van der Waals surface area contributed by atoms with Crippen molar-refractivity contribution in [3.8, 4) is 5.75 Å². The van der Waals surface area contributed by atoms with Crippen molar-refractivity contribution in [3.63, 3.8) is 0 Å². The number of nitrogens with zero attached hydrogens (tertiary/aromatic N) is 2. The lowest BCUT2D eigenvalue weighted by atomic mass is 10.2. The molecule has 0 amide bonds. The molecule has 0 radical (unpaired) electrons. The molecule has 4 nitrogen and oxygen atoms in total. The Bertz CT molecular complexity index is 1190. The van der Waals surface area contributed by atoms with Crippen LogP contribution in [0.5, 0.6) is 5.75 Å². The van der Waals surface area contributed by atoms with Gasteiger partial charge >= 0.3 is 0 Å². The number of aromatic nitrogens is 2. The predicted octanol–water partition coefficient (Wildman–Crippen LogP) is 4.88. The molecule has 0 spiro atoms. The van der Waals surface area contributed by atoms with E-state index in [4.69, 9.17) is 9.72 Å². The Morgan fingerprint density at radius 2 is 1.66 bits per heavy atom. The fourth-order valence-electron chi connectivity index (χ4n) is 3.04. The molecule has 0 saturated heterocycles. The maximum atomic E-state index is 13.2. The summed E-state index contributed by atoms with van der Waals surface area (Å²) >= 11 is 1.47. The summed E-state index contributed by atoms with van der Waals surface area (Å²) < 4.78 is 20.1. The van der Waals surface area contributed by atoms with Gasteiger partial charge in [-0.05, 0) is 47.5 Å². The largest absolute Gasteiger partial charge is 0.497 e. The summed E-state index contributed by atoms with van der Waals surface area (Å²) in [6.07, 6.45) is 0. The molecular formula is C23H19FN2O2S. The van der Waals surface area contributed by atoms with E-state index in [1.807, 2.05) is 42.5 Å². The average Bonchev–Trinajstić information content (AvgIpc) is 2.76.